The molecule has 9 aromatic carbocycles. The zero-order valence-corrected chi connectivity index (χ0v) is 36.5. The van der Waals surface area contributed by atoms with E-state index in [1.54, 1.807) is 54.6 Å². The summed E-state index contributed by atoms with van der Waals surface area (Å²) in [5.74, 6) is -1.51. The lowest BCUT2D eigenvalue weighted by Gasteiger charge is -2.31. The zero-order chi connectivity index (χ0) is 46.4. The van der Waals surface area contributed by atoms with Gasteiger partial charge in [0.15, 0.2) is 0 Å². The molecule has 0 unspecified atom stereocenters. The number of fused-ring (bicyclic) bond motifs is 14. The molecular formula is C56H28F8N2S2. The van der Waals surface area contributed by atoms with Crippen molar-refractivity contribution in [2.45, 2.75) is 12.4 Å². The van der Waals surface area contributed by atoms with Crippen molar-refractivity contribution < 1.29 is 35.1 Å². The zero-order valence-electron chi connectivity index (χ0n) is 34.9. The van der Waals surface area contributed by atoms with Gasteiger partial charge >= 0.3 is 12.4 Å². The molecule has 12 heteroatoms. The Morgan fingerprint density at radius 1 is 0.338 bits per heavy atom. The number of aromatic nitrogens is 2. The number of hydrogen-bond donors (Lipinski definition) is 0. The van der Waals surface area contributed by atoms with Gasteiger partial charge in [-0.3, -0.25) is 0 Å². The van der Waals surface area contributed by atoms with Crippen molar-refractivity contribution in [3.8, 4) is 33.6 Å². The van der Waals surface area contributed by atoms with Gasteiger partial charge in [-0.05, 0) is 71.8 Å². The molecule has 0 N–H and O–H groups in total. The summed E-state index contributed by atoms with van der Waals surface area (Å²) in [4.78, 5) is 0. The molecular weight excluding hydrogens is 917 g/mol. The highest BCUT2D eigenvalue weighted by Gasteiger charge is 2.49. The van der Waals surface area contributed by atoms with E-state index >= 15 is 35.1 Å². The van der Waals surface area contributed by atoms with Crippen LogP contribution in [0, 0.1) is 11.6 Å². The van der Waals surface area contributed by atoms with Crippen LogP contribution in [-0.4, -0.2) is 9.13 Å². The van der Waals surface area contributed by atoms with Gasteiger partial charge in [-0.15, -0.1) is 22.7 Å². The minimum Gasteiger partial charge on any atom is -0.308 e. The predicted molar refractivity (Wildman–Crippen MR) is 262 cm³/mol. The van der Waals surface area contributed by atoms with Gasteiger partial charge < -0.3 is 9.13 Å². The number of benzene rings is 9. The van der Waals surface area contributed by atoms with Crippen molar-refractivity contribution >= 4 is 107 Å². The Kier molecular flexibility index (Phi) is 8.67. The first-order chi connectivity index (χ1) is 32.9. The van der Waals surface area contributed by atoms with E-state index in [0.29, 0.717) is 37.3 Å². The van der Waals surface area contributed by atoms with Crippen molar-refractivity contribution in [1.82, 2.24) is 9.13 Å². The Hall–Kier alpha value is -7.54. The number of alkyl halides is 6. The summed E-state index contributed by atoms with van der Waals surface area (Å²) in [5.41, 5.74) is -5.48. The predicted octanol–water partition coefficient (Wildman–Crippen LogP) is 18.3. The third-order valence-electron chi connectivity index (χ3n) is 13.1. The van der Waals surface area contributed by atoms with Crippen LogP contribution in [0.2, 0.25) is 0 Å². The Balaban J connectivity index is 1.32. The lowest BCUT2D eigenvalue weighted by atomic mass is 9.85. The molecule has 68 heavy (non-hydrogen) atoms. The maximum atomic E-state index is 17.1. The lowest BCUT2D eigenvalue weighted by Crippen LogP contribution is -2.23. The first-order valence-corrected chi connectivity index (χ1v) is 23.1. The van der Waals surface area contributed by atoms with Crippen molar-refractivity contribution in [3.63, 3.8) is 0 Å². The van der Waals surface area contributed by atoms with Crippen molar-refractivity contribution in [2.24, 2.45) is 0 Å². The highest BCUT2D eigenvalue weighted by Crippen LogP contribution is 2.57. The quantitative estimate of drug-likeness (QED) is 0.156. The van der Waals surface area contributed by atoms with Crippen LogP contribution in [0.1, 0.15) is 11.1 Å². The fourth-order valence-corrected chi connectivity index (χ4v) is 13.0. The van der Waals surface area contributed by atoms with Crippen LogP contribution in [0.4, 0.5) is 35.1 Å². The van der Waals surface area contributed by atoms with Gasteiger partial charge in [0.25, 0.3) is 0 Å². The summed E-state index contributed by atoms with van der Waals surface area (Å²) < 4.78 is 138. The minimum atomic E-state index is -5.48. The molecule has 4 heterocycles. The number of hydrogen-bond acceptors (Lipinski definition) is 2. The molecule has 0 fully saturated rings. The second-order valence-electron chi connectivity index (χ2n) is 16.8. The summed E-state index contributed by atoms with van der Waals surface area (Å²) in [6.07, 6.45) is -11.0. The van der Waals surface area contributed by atoms with E-state index < -0.39 is 57.6 Å². The second-order valence-corrected chi connectivity index (χ2v) is 18.9. The van der Waals surface area contributed by atoms with Gasteiger partial charge in [-0.2, -0.15) is 26.3 Å². The molecule has 0 aliphatic heterocycles. The summed E-state index contributed by atoms with van der Waals surface area (Å²) in [6.45, 7) is 0. The Morgan fingerprint density at radius 2 is 0.706 bits per heavy atom. The summed E-state index contributed by atoms with van der Waals surface area (Å²) in [7, 11) is 0. The van der Waals surface area contributed by atoms with E-state index in [1.165, 1.54) is 57.6 Å². The molecule has 0 spiro atoms. The molecule has 0 saturated carbocycles. The number of halogens is 8. The number of nitrogens with zero attached hydrogens (tertiary/aromatic N) is 2. The molecule has 330 valence electrons. The van der Waals surface area contributed by atoms with Crippen LogP contribution in [0.15, 0.2) is 170 Å². The first-order valence-electron chi connectivity index (χ1n) is 21.4. The van der Waals surface area contributed by atoms with Crippen molar-refractivity contribution in [1.29, 1.82) is 0 Å². The molecule has 2 nitrogen and oxygen atoms in total. The van der Waals surface area contributed by atoms with Gasteiger partial charge in [0.05, 0.1) is 44.6 Å². The molecule has 0 aliphatic carbocycles. The monoisotopic (exact) mass is 944 g/mol. The van der Waals surface area contributed by atoms with E-state index in [-0.39, 0.29) is 22.2 Å². The fraction of sp³-hybridized carbons (Fsp3) is 0.0357. The lowest BCUT2D eigenvalue weighted by molar-refractivity contribution is -0.142. The largest absolute Gasteiger partial charge is 0.419 e. The van der Waals surface area contributed by atoms with E-state index in [4.69, 9.17) is 0 Å². The van der Waals surface area contributed by atoms with Crippen molar-refractivity contribution in [3.05, 3.63) is 193 Å². The van der Waals surface area contributed by atoms with Crippen LogP contribution in [0.3, 0.4) is 0 Å². The smallest absolute Gasteiger partial charge is 0.308 e. The minimum absolute atomic E-state index is 0.107. The molecule has 0 atom stereocenters. The molecule has 0 bridgehead atoms. The molecule has 0 aliphatic rings. The summed E-state index contributed by atoms with van der Waals surface area (Å²) in [6, 6.07) is 44.4. The van der Waals surface area contributed by atoms with Gasteiger partial charge in [-0.25, -0.2) is 8.78 Å². The number of rotatable bonds is 4. The van der Waals surface area contributed by atoms with Crippen LogP contribution in [0.5, 0.6) is 0 Å². The fourth-order valence-electron chi connectivity index (χ4n) is 10.5. The number of para-hydroxylation sites is 2. The maximum absolute atomic E-state index is 17.1. The molecule has 13 rings (SSSR count). The third kappa shape index (κ3) is 5.80. The third-order valence-corrected chi connectivity index (χ3v) is 15.5. The Morgan fingerprint density at radius 3 is 1.12 bits per heavy atom. The summed E-state index contributed by atoms with van der Waals surface area (Å²) in [5, 5.41) is 5.70. The van der Waals surface area contributed by atoms with Crippen molar-refractivity contribution in [2.75, 3.05) is 0 Å². The van der Waals surface area contributed by atoms with Crippen LogP contribution < -0.4 is 0 Å². The average molecular weight is 945 g/mol. The normalized spacial score (nSPS) is 12.7. The molecule has 13 aromatic rings. The maximum Gasteiger partial charge on any atom is 0.419 e. The van der Waals surface area contributed by atoms with Crippen LogP contribution >= 0.6 is 22.7 Å². The highest BCUT2D eigenvalue weighted by molar-refractivity contribution is 7.27. The Labute approximate surface area is 387 Å². The Bertz CT molecular complexity index is 4160. The SMILES string of the molecule is Fc1ccc(-c2c(-n3c4ccccc4c4c5sc6ccccc6c5ccc43)c(-c3ccc(F)cc3)c(C(F)(F)F)c(-n3c4ccccc4c4c5sc6ccccc6c5ccc43)c2C(F)(F)F)cc1. The molecule has 0 saturated heterocycles. The van der Waals surface area contributed by atoms with E-state index in [0.717, 1.165) is 64.5 Å². The van der Waals surface area contributed by atoms with Gasteiger partial charge in [0.2, 0.25) is 0 Å². The molecule has 4 aromatic heterocycles. The average Bonchev–Trinajstić information content (AvgIpc) is 4.08. The van der Waals surface area contributed by atoms with Gasteiger partial charge in [0, 0.05) is 73.0 Å². The van der Waals surface area contributed by atoms with Crippen LogP contribution in [-0.2, 0) is 12.4 Å². The highest BCUT2D eigenvalue weighted by atomic mass is 32.1. The van der Waals surface area contributed by atoms with E-state index in [9.17, 15) is 0 Å². The standard InChI is InChI=1S/C56H28F8N2S2/c57-31-21-17-29(18-22-31)45-49(55(59,60)61)52(66-40-14-6-2-12-38(40)48-42(66)28-26-36-34-10-4-8-16-44(34)68-54(36)48)50(56(62,63)64)46(30-19-23-32(58)24-20-30)51(45)65-39-13-5-1-11-37(39)47-41(65)27-25-35-33-9-3-7-15-43(33)67-53(35)47/h1-28H. The first kappa shape index (κ1) is 40.7. The topological polar surface area (TPSA) is 9.86 Å². The molecule has 0 radical (unpaired) electrons. The second kappa shape index (κ2) is 14.5. The van der Waals surface area contributed by atoms with Gasteiger partial charge in [-0.1, -0.05) is 109 Å². The summed E-state index contributed by atoms with van der Waals surface area (Å²) >= 11 is 2.89. The van der Waals surface area contributed by atoms with Crippen LogP contribution in [0.25, 0.3) is 118 Å². The van der Waals surface area contributed by atoms with Gasteiger partial charge in [0.1, 0.15) is 11.6 Å². The van der Waals surface area contributed by atoms with E-state index in [1.807, 2.05) is 60.7 Å². The number of thiophene rings is 2. The van der Waals surface area contributed by atoms with E-state index in [2.05, 4.69) is 0 Å². The molecule has 0 amide bonds.